The van der Waals surface area contributed by atoms with Crippen molar-refractivity contribution in [1.29, 1.82) is 0 Å². The molecule has 0 spiro atoms. The van der Waals surface area contributed by atoms with E-state index in [0.717, 1.165) is 32.8 Å². The van der Waals surface area contributed by atoms with Gasteiger partial charge in [0.05, 0.1) is 22.5 Å². The minimum absolute atomic E-state index is 0.0335. The van der Waals surface area contributed by atoms with Gasteiger partial charge in [-0.25, -0.2) is 16.8 Å². The Balaban J connectivity index is 1.75. The average molecular weight is 516 g/mol. The van der Waals surface area contributed by atoms with Gasteiger partial charge in [-0.1, -0.05) is 35.9 Å². The molecule has 35 heavy (non-hydrogen) atoms. The monoisotopic (exact) mass is 515 g/mol. The van der Waals surface area contributed by atoms with E-state index >= 15 is 0 Å². The van der Waals surface area contributed by atoms with Gasteiger partial charge in [0.1, 0.15) is 6.54 Å². The van der Waals surface area contributed by atoms with Gasteiger partial charge in [-0.3, -0.25) is 13.8 Å². The summed E-state index contributed by atoms with van der Waals surface area (Å²) in [6.45, 7) is 6.90. The fourth-order valence-corrected chi connectivity index (χ4v) is 5.80. The standard InChI is InChI=1S/C25H29N3O5S2/c1-17-9-14-23(20(4)15-17)28(34(5,30)31)16-24(29)26-21-10-12-22(13-11-21)35(32,33)27-25-18(2)7-6-8-19(25)3/h6-15,27H,16H2,1-5H3,(H,26,29). The van der Waals surface area contributed by atoms with Crippen LogP contribution in [0.4, 0.5) is 17.1 Å². The summed E-state index contributed by atoms with van der Waals surface area (Å²) in [6, 6.07) is 16.5. The molecule has 0 fully saturated rings. The first-order valence-corrected chi connectivity index (χ1v) is 14.1. The molecule has 0 saturated heterocycles. The first-order chi connectivity index (χ1) is 16.3. The van der Waals surface area contributed by atoms with E-state index in [1.165, 1.54) is 24.3 Å². The van der Waals surface area contributed by atoms with E-state index in [9.17, 15) is 21.6 Å². The molecule has 3 aromatic rings. The molecule has 0 aliphatic rings. The highest BCUT2D eigenvalue weighted by Crippen LogP contribution is 2.25. The minimum Gasteiger partial charge on any atom is -0.325 e. The number of nitrogens with zero attached hydrogens (tertiary/aromatic N) is 1. The number of rotatable bonds is 8. The number of aryl methyl sites for hydroxylation is 4. The zero-order valence-corrected chi connectivity index (χ0v) is 21.9. The molecule has 8 nitrogen and oxygen atoms in total. The molecular formula is C25H29N3O5S2. The summed E-state index contributed by atoms with van der Waals surface area (Å²) in [5.41, 5.74) is 4.60. The summed E-state index contributed by atoms with van der Waals surface area (Å²) in [6.07, 6.45) is 1.04. The summed E-state index contributed by atoms with van der Waals surface area (Å²) in [5, 5.41) is 2.63. The number of sulfonamides is 2. The maximum absolute atomic E-state index is 12.8. The van der Waals surface area contributed by atoms with Crippen LogP contribution in [0.3, 0.4) is 0 Å². The van der Waals surface area contributed by atoms with Crippen molar-refractivity contribution in [3.8, 4) is 0 Å². The largest absolute Gasteiger partial charge is 0.325 e. The van der Waals surface area contributed by atoms with E-state index in [2.05, 4.69) is 10.0 Å². The predicted octanol–water partition coefficient (Wildman–Crippen LogP) is 4.13. The number of nitrogens with one attached hydrogen (secondary N) is 2. The molecule has 186 valence electrons. The molecule has 0 bridgehead atoms. The van der Waals surface area contributed by atoms with Crippen LogP contribution in [0, 0.1) is 27.7 Å². The Labute approximate surface area is 207 Å². The van der Waals surface area contributed by atoms with Crippen molar-refractivity contribution < 1.29 is 21.6 Å². The van der Waals surface area contributed by atoms with Gasteiger partial charge in [0.25, 0.3) is 10.0 Å². The van der Waals surface area contributed by atoms with Gasteiger partial charge in [0.15, 0.2) is 0 Å². The van der Waals surface area contributed by atoms with Gasteiger partial charge in [0.2, 0.25) is 15.9 Å². The number of carbonyl (C=O) groups is 1. The highest BCUT2D eigenvalue weighted by molar-refractivity contribution is 7.92. The fraction of sp³-hybridized carbons (Fsp3) is 0.240. The molecule has 0 saturated carbocycles. The molecular weight excluding hydrogens is 486 g/mol. The summed E-state index contributed by atoms with van der Waals surface area (Å²) < 4.78 is 54.1. The van der Waals surface area contributed by atoms with E-state index in [-0.39, 0.29) is 4.90 Å². The van der Waals surface area contributed by atoms with E-state index in [1.54, 1.807) is 19.1 Å². The van der Waals surface area contributed by atoms with Crippen molar-refractivity contribution in [1.82, 2.24) is 0 Å². The van der Waals surface area contributed by atoms with Crippen LogP contribution < -0.4 is 14.3 Å². The van der Waals surface area contributed by atoms with Crippen molar-refractivity contribution in [2.75, 3.05) is 27.1 Å². The van der Waals surface area contributed by atoms with Crippen LogP contribution in [0.2, 0.25) is 0 Å². The first kappa shape index (κ1) is 26.2. The van der Waals surface area contributed by atoms with Gasteiger partial charge in [-0.15, -0.1) is 0 Å². The molecule has 0 unspecified atom stereocenters. The Hall–Kier alpha value is -3.37. The number of carbonyl (C=O) groups excluding carboxylic acids is 1. The van der Waals surface area contributed by atoms with Gasteiger partial charge in [-0.2, -0.15) is 0 Å². The highest BCUT2D eigenvalue weighted by Gasteiger charge is 2.23. The molecule has 0 aliphatic carbocycles. The van der Waals surface area contributed by atoms with Crippen molar-refractivity contribution in [3.05, 3.63) is 82.9 Å². The van der Waals surface area contributed by atoms with Gasteiger partial charge in [-0.05, 0) is 74.7 Å². The summed E-state index contributed by atoms with van der Waals surface area (Å²) >= 11 is 0. The smallest absolute Gasteiger partial charge is 0.261 e. The maximum Gasteiger partial charge on any atom is 0.261 e. The summed E-state index contributed by atoms with van der Waals surface area (Å²) in [7, 11) is -7.56. The van der Waals surface area contributed by atoms with Crippen LogP contribution in [0.1, 0.15) is 22.3 Å². The van der Waals surface area contributed by atoms with Crippen LogP contribution in [0.25, 0.3) is 0 Å². The lowest BCUT2D eigenvalue weighted by molar-refractivity contribution is -0.114. The summed E-state index contributed by atoms with van der Waals surface area (Å²) in [5.74, 6) is -0.556. The Morgan fingerprint density at radius 1 is 0.829 bits per heavy atom. The van der Waals surface area contributed by atoms with E-state index in [1.807, 2.05) is 45.0 Å². The number of para-hydroxylation sites is 1. The molecule has 3 rings (SSSR count). The first-order valence-electron chi connectivity index (χ1n) is 10.8. The third-order valence-electron chi connectivity index (χ3n) is 5.47. The molecule has 0 aliphatic heterocycles. The van der Waals surface area contributed by atoms with E-state index < -0.39 is 32.5 Å². The normalized spacial score (nSPS) is 11.7. The second kappa shape index (κ2) is 10.1. The quantitative estimate of drug-likeness (QED) is 0.469. The molecule has 1 amide bonds. The Kier molecular flexibility index (Phi) is 7.56. The third kappa shape index (κ3) is 6.40. The lowest BCUT2D eigenvalue weighted by atomic mass is 10.1. The molecule has 0 radical (unpaired) electrons. The number of amides is 1. The van der Waals surface area contributed by atoms with Gasteiger partial charge < -0.3 is 5.32 Å². The van der Waals surface area contributed by atoms with E-state index in [4.69, 9.17) is 0 Å². The van der Waals surface area contributed by atoms with E-state index in [0.29, 0.717) is 17.1 Å². The molecule has 0 aromatic heterocycles. The third-order valence-corrected chi connectivity index (χ3v) is 7.97. The zero-order valence-electron chi connectivity index (χ0n) is 20.3. The number of hydrogen-bond acceptors (Lipinski definition) is 5. The topological polar surface area (TPSA) is 113 Å². The second-order valence-electron chi connectivity index (χ2n) is 8.50. The maximum atomic E-state index is 12.8. The number of anilines is 3. The highest BCUT2D eigenvalue weighted by atomic mass is 32.2. The Morgan fingerprint density at radius 2 is 1.43 bits per heavy atom. The molecule has 10 heteroatoms. The van der Waals surface area contributed by atoms with Crippen molar-refractivity contribution in [3.63, 3.8) is 0 Å². The van der Waals surface area contributed by atoms with Crippen LogP contribution in [0.5, 0.6) is 0 Å². The lowest BCUT2D eigenvalue weighted by Gasteiger charge is -2.24. The molecule has 0 atom stereocenters. The van der Waals surface area contributed by atoms with Crippen LogP contribution in [-0.4, -0.2) is 35.5 Å². The Morgan fingerprint density at radius 3 is 1.97 bits per heavy atom. The van der Waals surface area contributed by atoms with Crippen molar-refractivity contribution >= 4 is 43.0 Å². The predicted molar refractivity (Wildman–Crippen MR) is 140 cm³/mol. The zero-order chi connectivity index (χ0) is 26.0. The summed E-state index contributed by atoms with van der Waals surface area (Å²) in [4.78, 5) is 12.7. The number of hydrogen-bond donors (Lipinski definition) is 2. The fourth-order valence-electron chi connectivity index (χ4n) is 3.68. The van der Waals surface area contributed by atoms with Crippen molar-refractivity contribution in [2.24, 2.45) is 0 Å². The molecule has 2 N–H and O–H groups in total. The SMILES string of the molecule is Cc1ccc(N(CC(=O)Nc2ccc(S(=O)(=O)Nc3c(C)cccc3C)cc2)S(C)(=O)=O)c(C)c1. The van der Waals surface area contributed by atoms with Crippen LogP contribution in [0.15, 0.2) is 65.6 Å². The van der Waals surface area contributed by atoms with Crippen LogP contribution >= 0.6 is 0 Å². The van der Waals surface area contributed by atoms with Gasteiger partial charge in [0, 0.05) is 5.69 Å². The second-order valence-corrected chi connectivity index (χ2v) is 12.1. The lowest BCUT2D eigenvalue weighted by Crippen LogP contribution is -2.37. The Bertz CT molecular complexity index is 1450. The molecule has 3 aromatic carbocycles. The molecule has 0 heterocycles. The van der Waals surface area contributed by atoms with Crippen molar-refractivity contribution in [2.45, 2.75) is 32.6 Å². The van der Waals surface area contributed by atoms with Gasteiger partial charge >= 0.3 is 0 Å². The number of benzene rings is 3. The minimum atomic E-state index is -3.84. The average Bonchev–Trinajstić information content (AvgIpc) is 2.75. The van der Waals surface area contributed by atoms with Crippen LogP contribution in [-0.2, 0) is 24.8 Å².